The SMILES string of the molecule is CO[Si](COCC(C)(C)C)(OC)OC. The van der Waals surface area contributed by atoms with Gasteiger partial charge in [0.25, 0.3) is 0 Å². The lowest BCUT2D eigenvalue weighted by atomic mass is 9.99. The van der Waals surface area contributed by atoms with Crippen molar-refractivity contribution in [1.82, 2.24) is 0 Å². The van der Waals surface area contributed by atoms with Gasteiger partial charge in [0.05, 0.1) is 6.61 Å². The summed E-state index contributed by atoms with van der Waals surface area (Å²) in [5.74, 6) is 0. The maximum Gasteiger partial charge on any atom is 0.527 e. The van der Waals surface area contributed by atoms with E-state index in [1.54, 1.807) is 21.3 Å². The van der Waals surface area contributed by atoms with E-state index in [4.69, 9.17) is 18.0 Å². The van der Waals surface area contributed by atoms with Crippen molar-refractivity contribution >= 4 is 8.80 Å². The van der Waals surface area contributed by atoms with Gasteiger partial charge in [-0.25, -0.2) is 0 Å². The van der Waals surface area contributed by atoms with E-state index in [1.807, 2.05) is 0 Å². The van der Waals surface area contributed by atoms with Gasteiger partial charge in [-0.05, 0) is 5.41 Å². The fourth-order valence-electron chi connectivity index (χ4n) is 0.909. The minimum Gasteiger partial charge on any atom is -0.376 e. The molecule has 0 N–H and O–H groups in total. The zero-order chi connectivity index (χ0) is 11.2. The van der Waals surface area contributed by atoms with Crippen LogP contribution in [0.1, 0.15) is 20.8 Å². The molecule has 0 saturated heterocycles. The van der Waals surface area contributed by atoms with E-state index in [9.17, 15) is 0 Å². The standard InChI is InChI=1S/C9H22O4Si/c1-9(2,3)7-13-8-14(10-4,11-5)12-6/h7-8H2,1-6H3. The Labute approximate surface area is 87.9 Å². The lowest BCUT2D eigenvalue weighted by molar-refractivity contribution is 0.0379. The van der Waals surface area contributed by atoms with Crippen molar-refractivity contribution in [3.63, 3.8) is 0 Å². The average molecular weight is 222 g/mol. The minimum absolute atomic E-state index is 0.148. The van der Waals surface area contributed by atoms with Gasteiger partial charge in [0.1, 0.15) is 6.23 Å². The molecule has 0 rings (SSSR count). The second kappa shape index (κ2) is 5.82. The van der Waals surface area contributed by atoms with Crippen LogP contribution in [0.2, 0.25) is 0 Å². The van der Waals surface area contributed by atoms with E-state index in [0.29, 0.717) is 12.8 Å². The molecule has 0 aromatic rings. The summed E-state index contributed by atoms with van der Waals surface area (Å²) in [6.45, 7) is 7.01. The van der Waals surface area contributed by atoms with Gasteiger partial charge in [0.15, 0.2) is 0 Å². The van der Waals surface area contributed by atoms with E-state index in [1.165, 1.54) is 0 Å². The van der Waals surface area contributed by atoms with Crippen LogP contribution in [0.25, 0.3) is 0 Å². The third-order valence-corrected chi connectivity index (χ3v) is 4.17. The Bertz CT molecular complexity index is 143. The summed E-state index contributed by atoms with van der Waals surface area (Å²) in [7, 11) is 2.21. The summed E-state index contributed by atoms with van der Waals surface area (Å²) in [6, 6.07) is 0. The predicted molar refractivity (Wildman–Crippen MR) is 57.1 cm³/mol. The number of hydrogen-bond acceptors (Lipinski definition) is 4. The molecule has 0 heterocycles. The third kappa shape index (κ3) is 5.07. The van der Waals surface area contributed by atoms with Crippen LogP contribution in [0, 0.1) is 5.41 Å². The van der Waals surface area contributed by atoms with E-state index in [2.05, 4.69) is 20.8 Å². The second-order valence-electron chi connectivity index (χ2n) is 4.35. The van der Waals surface area contributed by atoms with Crippen molar-refractivity contribution in [2.75, 3.05) is 34.2 Å². The Hall–Kier alpha value is 0.0569. The zero-order valence-corrected chi connectivity index (χ0v) is 11.0. The molecule has 0 aromatic carbocycles. The number of hydrogen-bond donors (Lipinski definition) is 0. The highest BCUT2D eigenvalue weighted by Crippen LogP contribution is 2.14. The first-order valence-corrected chi connectivity index (χ1v) is 6.55. The first kappa shape index (κ1) is 14.1. The van der Waals surface area contributed by atoms with Crippen LogP contribution in [-0.4, -0.2) is 43.0 Å². The highest BCUT2D eigenvalue weighted by atomic mass is 28.4. The quantitative estimate of drug-likeness (QED) is 0.638. The van der Waals surface area contributed by atoms with Gasteiger partial charge >= 0.3 is 8.80 Å². The molecule has 0 amide bonds. The molecule has 0 aliphatic rings. The molecular weight excluding hydrogens is 200 g/mol. The molecule has 86 valence electrons. The van der Waals surface area contributed by atoms with Crippen molar-refractivity contribution in [3.05, 3.63) is 0 Å². The summed E-state index contributed by atoms with van der Waals surface area (Å²) in [5.41, 5.74) is 0.148. The van der Waals surface area contributed by atoms with Crippen molar-refractivity contribution in [2.45, 2.75) is 20.8 Å². The topological polar surface area (TPSA) is 36.9 Å². The maximum atomic E-state index is 5.52. The molecule has 0 unspecified atom stereocenters. The van der Waals surface area contributed by atoms with Gasteiger partial charge in [-0.15, -0.1) is 0 Å². The first-order valence-electron chi connectivity index (χ1n) is 4.62. The third-order valence-electron chi connectivity index (χ3n) is 1.75. The largest absolute Gasteiger partial charge is 0.527 e. The van der Waals surface area contributed by atoms with Gasteiger partial charge < -0.3 is 18.0 Å². The van der Waals surface area contributed by atoms with Crippen LogP contribution >= 0.6 is 0 Å². The first-order chi connectivity index (χ1) is 6.39. The van der Waals surface area contributed by atoms with Crippen LogP contribution < -0.4 is 0 Å². The van der Waals surface area contributed by atoms with Crippen LogP contribution in [0.4, 0.5) is 0 Å². The average Bonchev–Trinajstić information content (AvgIpc) is 2.11. The van der Waals surface area contributed by atoms with Crippen LogP contribution in [0.5, 0.6) is 0 Å². The molecule has 0 atom stereocenters. The molecule has 0 fully saturated rings. The molecule has 0 bridgehead atoms. The van der Waals surface area contributed by atoms with Crippen molar-refractivity contribution in [2.24, 2.45) is 5.41 Å². The molecule has 0 spiro atoms. The van der Waals surface area contributed by atoms with Gasteiger partial charge in [0.2, 0.25) is 0 Å². The number of ether oxygens (including phenoxy) is 1. The molecule has 0 aromatic heterocycles. The van der Waals surface area contributed by atoms with Gasteiger partial charge in [0, 0.05) is 21.3 Å². The van der Waals surface area contributed by atoms with Gasteiger partial charge in [-0.2, -0.15) is 0 Å². The van der Waals surface area contributed by atoms with E-state index in [-0.39, 0.29) is 5.41 Å². The summed E-state index contributed by atoms with van der Waals surface area (Å²) in [6.07, 6.45) is 0.397. The minimum atomic E-state index is -2.54. The van der Waals surface area contributed by atoms with Crippen LogP contribution in [0.15, 0.2) is 0 Å². The van der Waals surface area contributed by atoms with Crippen molar-refractivity contribution < 1.29 is 18.0 Å². The Morgan fingerprint density at radius 1 is 0.929 bits per heavy atom. The van der Waals surface area contributed by atoms with E-state index >= 15 is 0 Å². The second-order valence-corrected chi connectivity index (χ2v) is 7.23. The highest BCUT2D eigenvalue weighted by molar-refractivity contribution is 6.60. The predicted octanol–water partition coefficient (Wildman–Crippen LogP) is 1.47. The zero-order valence-electron chi connectivity index (χ0n) is 10.0. The van der Waals surface area contributed by atoms with Gasteiger partial charge in [-0.3, -0.25) is 0 Å². The molecule has 0 radical (unpaired) electrons. The molecule has 5 heteroatoms. The monoisotopic (exact) mass is 222 g/mol. The summed E-state index contributed by atoms with van der Waals surface area (Å²) < 4.78 is 21.2. The molecule has 4 nitrogen and oxygen atoms in total. The fourth-order valence-corrected chi connectivity index (χ4v) is 2.11. The Morgan fingerprint density at radius 2 is 1.36 bits per heavy atom. The number of rotatable bonds is 6. The van der Waals surface area contributed by atoms with Gasteiger partial charge in [-0.1, -0.05) is 20.8 Å². The molecular formula is C9H22O4Si. The Kier molecular flexibility index (Phi) is 5.85. The normalized spacial score (nSPS) is 13.3. The molecule has 0 aliphatic carbocycles. The molecule has 14 heavy (non-hydrogen) atoms. The van der Waals surface area contributed by atoms with Crippen LogP contribution in [-0.2, 0) is 18.0 Å². The summed E-state index contributed by atoms with van der Waals surface area (Å²) in [5, 5.41) is 0. The summed E-state index contributed by atoms with van der Waals surface area (Å²) in [4.78, 5) is 0. The van der Waals surface area contributed by atoms with Crippen LogP contribution in [0.3, 0.4) is 0 Å². The van der Waals surface area contributed by atoms with E-state index in [0.717, 1.165) is 0 Å². The lowest BCUT2D eigenvalue weighted by Crippen LogP contribution is -2.48. The fraction of sp³-hybridized carbons (Fsp3) is 1.00. The highest BCUT2D eigenvalue weighted by Gasteiger charge is 2.38. The lowest BCUT2D eigenvalue weighted by Gasteiger charge is -2.26. The Morgan fingerprint density at radius 3 is 1.64 bits per heavy atom. The maximum absolute atomic E-state index is 5.52. The summed E-state index contributed by atoms with van der Waals surface area (Å²) >= 11 is 0. The smallest absolute Gasteiger partial charge is 0.376 e. The van der Waals surface area contributed by atoms with E-state index < -0.39 is 8.80 Å². The van der Waals surface area contributed by atoms with Crippen molar-refractivity contribution in [3.8, 4) is 0 Å². The Balaban J connectivity index is 3.95. The molecule has 0 saturated carbocycles. The molecule has 0 aliphatic heterocycles. The van der Waals surface area contributed by atoms with Crippen molar-refractivity contribution in [1.29, 1.82) is 0 Å².